The van der Waals surface area contributed by atoms with Crippen molar-refractivity contribution >= 4 is 50.7 Å². The summed E-state index contributed by atoms with van der Waals surface area (Å²) < 4.78 is 35.5. The maximum absolute atomic E-state index is 12.5. The number of imide groups is 1. The lowest BCUT2D eigenvalue weighted by Crippen LogP contribution is -2.17. The van der Waals surface area contributed by atoms with Gasteiger partial charge in [-0.3, -0.25) is 14.9 Å². The van der Waals surface area contributed by atoms with Crippen molar-refractivity contribution in [1.29, 1.82) is 0 Å². The zero-order valence-corrected chi connectivity index (χ0v) is 17.1. The summed E-state index contributed by atoms with van der Waals surface area (Å²) in [5.41, 5.74) is 1.34. The zero-order valence-electron chi connectivity index (χ0n) is 14.7. The molecular formula is C18H14ClNO6S2. The Bertz CT molecular complexity index is 1090. The number of carbonyl (C=O) groups excluding carboxylic acids is 2. The van der Waals surface area contributed by atoms with Gasteiger partial charge in [-0.25, -0.2) is 0 Å². The molecule has 0 atom stereocenters. The minimum Gasteiger partial charge on any atom is -0.493 e. The van der Waals surface area contributed by atoms with Gasteiger partial charge >= 0.3 is 10.1 Å². The maximum atomic E-state index is 12.5. The number of amides is 2. The molecule has 2 amide bonds. The number of carbonyl (C=O) groups is 2. The summed E-state index contributed by atoms with van der Waals surface area (Å²) in [6.45, 7) is 1.83. The first-order valence-corrected chi connectivity index (χ1v) is 10.4. The van der Waals surface area contributed by atoms with Gasteiger partial charge in [0, 0.05) is 0 Å². The molecule has 0 spiro atoms. The summed E-state index contributed by atoms with van der Waals surface area (Å²) in [6, 6.07) is 9.02. The van der Waals surface area contributed by atoms with Crippen molar-refractivity contribution in [2.45, 2.75) is 11.8 Å². The first-order chi connectivity index (χ1) is 13.2. The largest absolute Gasteiger partial charge is 0.493 e. The van der Waals surface area contributed by atoms with Crippen LogP contribution in [0.25, 0.3) is 6.08 Å². The van der Waals surface area contributed by atoms with E-state index in [1.807, 2.05) is 6.92 Å². The van der Waals surface area contributed by atoms with Crippen molar-refractivity contribution < 1.29 is 26.9 Å². The molecule has 10 heteroatoms. The lowest BCUT2D eigenvalue weighted by molar-refractivity contribution is -0.115. The van der Waals surface area contributed by atoms with Crippen molar-refractivity contribution in [3.8, 4) is 11.5 Å². The van der Waals surface area contributed by atoms with Crippen LogP contribution in [-0.4, -0.2) is 26.7 Å². The lowest BCUT2D eigenvalue weighted by atomic mass is 10.2. The number of hydrogen-bond acceptors (Lipinski definition) is 7. The van der Waals surface area contributed by atoms with E-state index in [0.717, 1.165) is 17.3 Å². The van der Waals surface area contributed by atoms with Gasteiger partial charge in [0.1, 0.15) is 4.90 Å². The van der Waals surface area contributed by atoms with Gasteiger partial charge in [0.2, 0.25) is 5.75 Å². The van der Waals surface area contributed by atoms with Gasteiger partial charge < -0.3 is 8.92 Å². The molecule has 7 nitrogen and oxygen atoms in total. The summed E-state index contributed by atoms with van der Waals surface area (Å²) in [5, 5.41) is 1.64. The van der Waals surface area contributed by atoms with E-state index in [1.54, 1.807) is 12.1 Å². The van der Waals surface area contributed by atoms with Crippen molar-refractivity contribution in [3.63, 3.8) is 0 Å². The van der Waals surface area contributed by atoms with E-state index in [2.05, 4.69) is 5.32 Å². The fourth-order valence-electron chi connectivity index (χ4n) is 2.34. The summed E-state index contributed by atoms with van der Waals surface area (Å²) >= 11 is 6.96. The molecule has 1 fully saturated rings. The lowest BCUT2D eigenvalue weighted by Gasteiger charge is -2.13. The molecule has 2 aromatic rings. The van der Waals surface area contributed by atoms with Gasteiger partial charge in [-0.2, -0.15) is 8.42 Å². The van der Waals surface area contributed by atoms with Crippen LogP contribution in [0.3, 0.4) is 0 Å². The first kappa shape index (κ1) is 20.2. The maximum Gasteiger partial charge on any atom is 0.339 e. The number of nitrogens with one attached hydrogen (secondary N) is 1. The number of halogens is 1. The topological polar surface area (TPSA) is 98.8 Å². The Morgan fingerprint density at radius 3 is 2.39 bits per heavy atom. The Morgan fingerprint density at radius 1 is 1.14 bits per heavy atom. The van der Waals surface area contributed by atoms with E-state index in [4.69, 9.17) is 20.5 Å². The normalized spacial score (nSPS) is 15.6. The summed E-state index contributed by atoms with van der Waals surface area (Å²) in [6.07, 6.45) is 1.44. The van der Waals surface area contributed by atoms with Gasteiger partial charge in [0.25, 0.3) is 11.1 Å². The van der Waals surface area contributed by atoms with Crippen LogP contribution in [-0.2, 0) is 14.9 Å². The van der Waals surface area contributed by atoms with Crippen molar-refractivity contribution in [3.05, 3.63) is 57.5 Å². The highest BCUT2D eigenvalue weighted by molar-refractivity contribution is 8.18. The molecule has 3 rings (SSSR count). The number of hydrogen-bond donors (Lipinski definition) is 1. The number of rotatable bonds is 5. The smallest absolute Gasteiger partial charge is 0.339 e. The molecule has 0 radical (unpaired) electrons. The minimum atomic E-state index is -4.13. The highest BCUT2D eigenvalue weighted by Gasteiger charge is 2.26. The Balaban J connectivity index is 1.96. The average Bonchev–Trinajstić information content (AvgIpc) is 2.94. The molecule has 1 N–H and O–H groups in total. The van der Waals surface area contributed by atoms with E-state index in [-0.39, 0.29) is 26.3 Å². The monoisotopic (exact) mass is 439 g/mol. The second-order valence-corrected chi connectivity index (χ2v) is 8.71. The Kier molecular flexibility index (Phi) is 5.69. The molecular weight excluding hydrogens is 426 g/mol. The zero-order chi connectivity index (χ0) is 20.5. The van der Waals surface area contributed by atoms with Crippen LogP contribution < -0.4 is 14.2 Å². The molecule has 1 heterocycles. The van der Waals surface area contributed by atoms with E-state index < -0.39 is 21.3 Å². The van der Waals surface area contributed by atoms with Gasteiger partial charge in [0.15, 0.2) is 5.75 Å². The third kappa shape index (κ3) is 4.32. The predicted molar refractivity (Wildman–Crippen MR) is 106 cm³/mol. The molecule has 0 unspecified atom stereocenters. The fraction of sp³-hybridized carbons (Fsp3) is 0.111. The summed E-state index contributed by atoms with van der Waals surface area (Å²) in [4.78, 5) is 23.1. The van der Waals surface area contributed by atoms with E-state index in [9.17, 15) is 18.0 Å². The molecule has 0 aliphatic carbocycles. The molecule has 0 bridgehead atoms. The third-order valence-corrected chi connectivity index (χ3v) is 6.02. The van der Waals surface area contributed by atoms with Crippen LogP contribution >= 0.6 is 23.4 Å². The standard InChI is InChI=1S/C18H14ClNO6S2/c1-10-3-5-12(6-4-10)28(23,24)26-16-13(19)7-11(8-14(16)25-2)9-15-17(21)20-18(22)27-15/h3-9H,1-2H3,(H,20,21,22)/b15-9-. The van der Waals surface area contributed by atoms with Crippen LogP contribution in [0.15, 0.2) is 46.2 Å². The van der Waals surface area contributed by atoms with Crippen LogP contribution in [0.2, 0.25) is 5.02 Å². The van der Waals surface area contributed by atoms with Gasteiger partial charge in [-0.1, -0.05) is 29.3 Å². The molecule has 2 aromatic carbocycles. The number of methoxy groups -OCH3 is 1. The number of ether oxygens (including phenoxy) is 1. The Morgan fingerprint density at radius 2 is 1.82 bits per heavy atom. The van der Waals surface area contributed by atoms with Crippen molar-refractivity contribution in [2.24, 2.45) is 0 Å². The quantitative estimate of drug-likeness (QED) is 0.559. The van der Waals surface area contributed by atoms with Crippen LogP contribution in [0.1, 0.15) is 11.1 Å². The van der Waals surface area contributed by atoms with E-state index in [0.29, 0.717) is 5.56 Å². The number of thioether (sulfide) groups is 1. The molecule has 146 valence electrons. The van der Waals surface area contributed by atoms with Crippen molar-refractivity contribution in [1.82, 2.24) is 5.32 Å². The van der Waals surface area contributed by atoms with E-state index in [1.165, 1.54) is 37.5 Å². The second kappa shape index (κ2) is 7.86. The van der Waals surface area contributed by atoms with E-state index >= 15 is 0 Å². The number of aryl methyl sites for hydroxylation is 1. The van der Waals surface area contributed by atoms with Gasteiger partial charge in [0.05, 0.1) is 17.0 Å². The summed E-state index contributed by atoms with van der Waals surface area (Å²) in [5.74, 6) is -0.636. The Hall–Kier alpha value is -2.49. The molecule has 28 heavy (non-hydrogen) atoms. The summed E-state index contributed by atoms with van der Waals surface area (Å²) in [7, 11) is -2.80. The average molecular weight is 440 g/mol. The Labute approximate surface area is 170 Å². The molecule has 1 aliphatic rings. The molecule has 0 aromatic heterocycles. The van der Waals surface area contributed by atoms with Gasteiger partial charge in [-0.05, 0) is 54.6 Å². The fourth-order valence-corrected chi connectivity index (χ4v) is 4.28. The van der Waals surface area contributed by atoms with Crippen molar-refractivity contribution in [2.75, 3.05) is 7.11 Å². The van der Waals surface area contributed by atoms with Gasteiger partial charge in [-0.15, -0.1) is 0 Å². The minimum absolute atomic E-state index is 0.0278. The van der Waals surface area contributed by atoms with Crippen LogP contribution in [0.4, 0.5) is 4.79 Å². The number of benzene rings is 2. The highest BCUT2D eigenvalue weighted by atomic mass is 35.5. The third-order valence-electron chi connectivity index (χ3n) is 3.69. The SMILES string of the molecule is COc1cc(/C=C2\SC(=O)NC2=O)cc(Cl)c1OS(=O)(=O)c1ccc(C)cc1. The van der Waals surface area contributed by atoms with Crippen LogP contribution in [0.5, 0.6) is 11.5 Å². The molecule has 0 saturated carbocycles. The molecule has 1 aliphatic heterocycles. The highest BCUT2D eigenvalue weighted by Crippen LogP contribution is 2.39. The second-order valence-electron chi connectivity index (χ2n) is 5.74. The van der Waals surface area contributed by atoms with Crippen LogP contribution in [0, 0.1) is 6.92 Å². The molecule has 1 saturated heterocycles. The predicted octanol–water partition coefficient (Wildman–Crippen LogP) is 3.75. The first-order valence-electron chi connectivity index (χ1n) is 7.83.